The molecular formula is C35H59N3. The minimum absolute atomic E-state index is 0.502. The highest BCUT2D eigenvalue weighted by Crippen LogP contribution is 2.53. The smallest absolute Gasteiger partial charge is 0.0405 e. The summed E-state index contributed by atoms with van der Waals surface area (Å²) < 4.78 is 0. The predicted molar refractivity (Wildman–Crippen MR) is 166 cm³/mol. The van der Waals surface area contributed by atoms with Gasteiger partial charge in [0.15, 0.2) is 0 Å². The highest BCUT2D eigenvalue weighted by Gasteiger charge is 2.52. The maximum atomic E-state index is 4.30. The van der Waals surface area contributed by atoms with E-state index in [0.29, 0.717) is 16.9 Å². The van der Waals surface area contributed by atoms with Crippen molar-refractivity contribution in [2.75, 3.05) is 19.6 Å². The van der Waals surface area contributed by atoms with Crippen molar-refractivity contribution < 1.29 is 0 Å². The zero-order valence-corrected chi connectivity index (χ0v) is 25.6. The summed E-state index contributed by atoms with van der Waals surface area (Å²) in [4.78, 5) is 5.07. The van der Waals surface area contributed by atoms with Crippen LogP contribution in [-0.2, 0) is 0 Å². The summed E-state index contributed by atoms with van der Waals surface area (Å²) in [5, 5.41) is 3.90. The maximum absolute atomic E-state index is 4.30. The van der Waals surface area contributed by atoms with Crippen LogP contribution in [0.5, 0.6) is 0 Å². The summed E-state index contributed by atoms with van der Waals surface area (Å²) in [6.45, 7) is 22.3. The van der Waals surface area contributed by atoms with E-state index in [4.69, 9.17) is 0 Å². The topological polar surface area (TPSA) is 18.5 Å². The molecule has 5 fully saturated rings. The molecule has 3 saturated heterocycles. The van der Waals surface area contributed by atoms with Crippen LogP contribution in [0.4, 0.5) is 0 Å². The molecule has 38 heavy (non-hydrogen) atoms. The van der Waals surface area contributed by atoms with E-state index < -0.39 is 0 Å². The average molecular weight is 522 g/mol. The van der Waals surface area contributed by atoms with Gasteiger partial charge >= 0.3 is 0 Å². The van der Waals surface area contributed by atoms with Crippen LogP contribution < -0.4 is 5.32 Å². The maximum Gasteiger partial charge on any atom is 0.0405 e. The molecule has 1 N–H and O–H groups in total. The van der Waals surface area contributed by atoms with E-state index in [0.717, 1.165) is 18.6 Å². The number of likely N-dealkylation sites (tertiary alicyclic amines) is 1. The minimum Gasteiger partial charge on any atom is -0.372 e. The largest absolute Gasteiger partial charge is 0.372 e. The molecule has 2 aliphatic carbocycles. The Bertz CT molecular complexity index is 838. The number of fused-ring (bicyclic) bond motifs is 1. The van der Waals surface area contributed by atoms with Crippen molar-refractivity contribution >= 4 is 0 Å². The van der Waals surface area contributed by atoms with Crippen molar-refractivity contribution in [2.45, 2.75) is 135 Å². The molecule has 3 aliphatic heterocycles. The molecule has 0 radical (unpaired) electrons. The van der Waals surface area contributed by atoms with Crippen LogP contribution in [-0.4, -0.2) is 47.1 Å². The lowest BCUT2D eigenvalue weighted by atomic mass is 9.70. The fourth-order valence-corrected chi connectivity index (χ4v) is 7.10. The van der Waals surface area contributed by atoms with Crippen molar-refractivity contribution in [1.82, 2.24) is 15.1 Å². The summed E-state index contributed by atoms with van der Waals surface area (Å²) in [7, 11) is 0. The van der Waals surface area contributed by atoms with Gasteiger partial charge in [-0.15, -0.1) is 0 Å². The number of benzene rings is 1. The normalized spacial score (nSPS) is 28.1. The summed E-state index contributed by atoms with van der Waals surface area (Å²) >= 11 is 0. The fourth-order valence-electron chi connectivity index (χ4n) is 7.10. The van der Waals surface area contributed by atoms with Gasteiger partial charge in [-0.1, -0.05) is 84.5 Å². The first-order chi connectivity index (χ1) is 18.5. The SMILES string of the molecule is C=C1CCCC(NCC2(C)CCC2)C[C@H]2CCCN12.C=CN1C[C@H](c2ccccc2)CC12CC2.CC.CC. The molecular weight excluding hydrogens is 462 g/mol. The zero-order chi connectivity index (χ0) is 27.6. The second kappa shape index (κ2) is 14.6. The molecule has 3 heteroatoms. The molecule has 1 spiro atoms. The third-order valence-corrected chi connectivity index (χ3v) is 9.71. The molecule has 0 aromatic heterocycles. The van der Waals surface area contributed by atoms with Gasteiger partial charge in [0.1, 0.15) is 0 Å². The van der Waals surface area contributed by atoms with Gasteiger partial charge in [0, 0.05) is 48.9 Å². The van der Waals surface area contributed by atoms with Crippen molar-refractivity contribution in [2.24, 2.45) is 5.41 Å². The number of hydrogen-bond acceptors (Lipinski definition) is 3. The van der Waals surface area contributed by atoms with Crippen molar-refractivity contribution in [1.29, 1.82) is 0 Å². The summed E-state index contributed by atoms with van der Waals surface area (Å²) in [6, 6.07) is 12.4. The van der Waals surface area contributed by atoms with Gasteiger partial charge in [-0.25, -0.2) is 0 Å². The van der Waals surface area contributed by atoms with Crippen LogP contribution in [0.25, 0.3) is 0 Å². The van der Waals surface area contributed by atoms with Crippen molar-refractivity contribution in [3.63, 3.8) is 0 Å². The van der Waals surface area contributed by atoms with Gasteiger partial charge in [-0.2, -0.15) is 0 Å². The van der Waals surface area contributed by atoms with Crippen LogP contribution in [0, 0.1) is 5.41 Å². The Morgan fingerprint density at radius 3 is 2.26 bits per heavy atom. The van der Waals surface area contributed by atoms with E-state index in [1.165, 1.54) is 101 Å². The average Bonchev–Trinajstić information content (AvgIpc) is 3.40. The van der Waals surface area contributed by atoms with E-state index in [1.54, 1.807) is 0 Å². The number of hydrogen-bond donors (Lipinski definition) is 1. The van der Waals surface area contributed by atoms with Gasteiger partial charge in [-0.05, 0) is 87.8 Å². The Morgan fingerprint density at radius 1 is 0.974 bits per heavy atom. The summed E-state index contributed by atoms with van der Waals surface area (Å²) in [5.41, 5.74) is 4.02. The zero-order valence-electron chi connectivity index (χ0n) is 25.6. The molecule has 3 atom stereocenters. The lowest BCUT2D eigenvalue weighted by Crippen LogP contribution is -2.45. The molecule has 6 rings (SSSR count). The third kappa shape index (κ3) is 7.68. The molecule has 214 valence electrons. The second-order valence-corrected chi connectivity index (χ2v) is 12.3. The predicted octanol–water partition coefficient (Wildman–Crippen LogP) is 8.89. The Morgan fingerprint density at radius 2 is 1.68 bits per heavy atom. The Labute approximate surface area is 236 Å². The summed E-state index contributed by atoms with van der Waals surface area (Å²) in [5.74, 6) is 0.715. The Hall–Kier alpha value is -1.74. The molecule has 5 aliphatic rings. The molecule has 1 aromatic rings. The molecule has 0 amide bonds. The first kappa shape index (κ1) is 30.8. The minimum atomic E-state index is 0.502. The van der Waals surface area contributed by atoms with Gasteiger partial charge in [0.05, 0.1) is 0 Å². The first-order valence-electron chi connectivity index (χ1n) is 16.1. The Balaban J connectivity index is 0.000000190. The molecule has 1 unspecified atom stereocenters. The fraction of sp³-hybridized carbons (Fsp3) is 0.714. The summed E-state index contributed by atoms with van der Waals surface area (Å²) in [6.07, 6.45) is 18.4. The monoisotopic (exact) mass is 521 g/mol. The molecule has 3 heterocycles. The number of nitrogens with zero attached hydrogens (tertiary/aromatic N) is 2. The van der Waals surface area contributed by atoms with E-state index in [9.17, 15) is 0 Å². The van der Waals surface area contributed by atoms with Gasteiger partial charge in [0.2, 0.25) is 0 Å². The van der Waals surface area contributed by atoms with Crippen LogP contribution in [0.1, 0.15) is 123 Å². The standard InChI is InChI=1S/C17H30N2.C14H17N.2C2H6/c1-14-6-3-7-15(12-16-8-4-11-19(14)16)18-13-17(2)9-5-10-17;1-2-15-11-13(10-14(15)8-9-14)12-6-4-3-5-7-12;2*1-2/h15-16,18H,1,3-13H2,2H3;2-7,13H,1,8-11H2;2*1-2H3/t15?,16-;13-;;/m11../s1. The molecule has 3 nitrogen and oxygen atoms in total. The molecule has 0 bridgehead atoms. The van der Waals surface area contributed by atoms with Crippen LogP contribution in [0.3, 0.4) is 0 Å². The van der Waals surface area contributed by atoms with Crippen LogP contribution in [0.15, 0.2) is 55.4 Å². The lowest BCUT2D eigenvalue weighted by Gasteiger charge is -2.41. The van der Waals surface area contributed by atoms with Gasteiger partial charge in [-0.3, -0.25) is 0 Å². The number of rotatable bonds is 5. The highest BCUT2D eigenvalue weighted by atomic mass is 15.2. The van der Waals surface area contributed by atoms with Gasteiger partial charge in [0.25, 0.3) is 0 Å². The van der Waals surface area contributed by atoms with E-state index >= 15 is 0 Å². The van der Waals surface area contributed by atoms with Crippen molar-refractivity contribution in [3.05, 3.63) is 61.0 Å². The van der Waals surface area contributed by atoms with Crippen molar-refractivity contribution in [3.8, 4) is 0 Å². The molecule has 2 saturated carbocycles. The lowest BCUT2D eigenvalue weighted by molar-refractivity contribution is 0.142. The first-order valence-corrected chi connectivity index (χ1v) is 16.1. The molecule has 1 aromatic carbocycles. The Kier molecular flexibility index (Phi) is 11.8. The van der Waals surface area contributed by atoms with Crippen LogP contribution >= 0.6 is 0 Å². The number of allylic oxidation sites excluding steroid dienone is 1. The quantitative estimate of drug-likeness (QED) is 0.417. The van der Waals surface area contributed by atoms with Crippen LogP contribution in [0.2, 0.25) is 0 Å². The van der Waals surface area contributed by atoms with E-state index in [1.807, 2.05) is 33.9 Å². The third-order valence-electron chi connectivity index (χ3n) is 9.71. The van der Waals surface area contributed by atoms with E-state index in [-0.39, 0.29) is 0 Å². The number of nitrogens with one attached hydrogen (secondary N) is 1. The highest BCUT2D eigenvalue weighted by molar-refractivity contribution is 5.26. The van der Waals surface area contributed by atoms with Gasteiger partial charge < -0.3 is 15.1 Å². The van der Waals surface area contributed by atoms with E-state index in [2.05, 4.69) is 65.5 Å². The second-order valence-electron chi connectivity index (χ2n) is 12.3.